The van der Waals surface area contributed by atoms with Crippen molar-refractivity contribution in [1.82, 2.24) is 0 Å². The SMILES string of the molecule is C=COC(=O)C(C)O.C=COC(C)=O. The molecule has 1 atom stereocenters. The summed E-state index contributed by atoms with van der Waals surface area (Å²) in [7, 11) is 0. The van der Waals surface area contributed by atoms with E-state index in [1.165, 1.54) is 13.8 Å². The molecule has 0 aliphatic rings. The minimum Gasteiger partial charge on any atom is -0.435 e. The molecule has 0 radical (unpaired) electrons. The Balaban J connectivity index is 0. The van der Waals surface area contributed by atoms with Gasteiger partial charge in [0.15, 0.2) is 0 Å². The van der Waals surface area contributed by atoms with Gasteiger partial charge in [-0.2, -0.15) is 0 Å². The number of ether oxygens (including phenoxy) is 2. The Morgan fingerprint density at radius 3 is 1.79 bits per heavy atom. The van der Waals surface area contributed by atoms with E-state index in [9.17, 15) is 9.59 Å². The number of hydrogen-bond donors (Lipinski definition) is 1. The third kappa shape index (κ3) is 13.0. The van der Waals surface area contributed by atoms with Gasteiger partial charge in [0.2, 0.25) is 0 Å². The number of aliphatic hydroxyl groups is 1. The summed E-state index contributed by atoms with van der Waals surface area (Å²) in [5, 5.41) is 8.43. The summed E-state index contributed by atoms with van der Waals surface area (Å²) in [5.41, 5.74) is 0. The third-order valence-electron chi connectivity index (χ3n) is 0.790. The molecule has 1 unspecified atom stereocenters. The number of hydrogen-bond acceptors (Lipinski definition) is 5. The topological polar surface area (TPSA) is 72.8 Å². The Morgan fingerprint density at radius 2 is 1.71 bits per heavy atom. The summed E-state index contributed by atoms with van der Waals surface area (Å²) < 4.78 is 8.34. The normalized spacial score (nSPS) is 9.93. The van der Waals surface area contributed by atoms with Crippen LogP contribution in [0.2, 0.25) is 0 Å². The van der Waals surface area contributed by atoms with Crippen LogP contribution in [-0.2, 0) is 19.1 Å². The van der Waals surface area contributed by atoms with E-state index < -0.39 is 12.1 Å². The molecular formula is C9H14O5. The van der Waals surface area contributed by atoms with Gasteiger partial charge in [-0.3, -0.25) is 4.79 Å². The molecule has 0 saturated carbocycles. The molecule has 0 bridgehead atoms. The molecule has 0 aromatic rings. The van der Waals surface area contributed by atoms with Crippen molar-refractivity contribution in [3.63, 3.8) is 0 Å². The van der Waals surface area contributed by atoms with Crippen LogP contribution in [0.25, 0.3) is 0 Å². The highest BCUT2D eigenvalue weighted by Crippen LogP contribution is 1.84. The van der Waals surface area contributed by atoms with Crippen LogP contribution in [0, 0.1) is 0 Å². The predicted octanol–water partition coefficient (Wildman–Crippen LogP) is 0.747. The molecule has 0 heterocycles. The lowest BCUT2D eigenvalue weighted by atomic mass is 10.4. The van der Waals surface area contributed by atoms with E-state index in [2.05, 4.69) is 22.6 Å². The predicted molar refractivity (Wildman–Crippen MR) is 49.9 cm³/mol. The van der Waals surface area contributed by atoms with Crippen molar-refractivity contribution in [3.05, 3.63) is 25.7 Å². The second-order valence-electron chi connectivity index (χ2n) is 2.06. The van der Waals surface area contributed by atoms with Crippen molar-refractivity contribution in [1.29, 1.82) is 0 Å². The first kappa shape index (κ1) is 14.9. The summed E-state index contributed by atoms with van der Waals surface area (Å²) in [6.45, 7) is 8.93. The first-order valence-corrected chi connectivity index (χ1v) is 3.73. The Morgan fingerprint density at radius 1 is 1.29 bits per heavy atom. The quantitative estimate of drug-likeness (QED) is 0.540. The van der Waals surface area contributed by atoms with Gasteiger partial charge < -0.3 is 14.6 Å². The van der Waals surface area contributed by atoms with Gasteiger partial charge in [-0.05, 0) is 6.92 Å². The van der Waals surface area contributed by atoms with Gasteiger partial charge in [0.25, 0.3) is 0 Å². The van der Waals surface area contributed by atoms with Crippen molar-refractivity contribution < 1.29 is 24.2 Å². The first-order valence-electron chi connectivity index (χ1n) is 3.73. The largest absolute Gasteiger partial charge is 0.435 e. The van der Waals surface area contributed by atoms with E-state index in [0.29, 0.717) is 0 Å². The van der Waals surface area contributed by atoms with Gasteiger partial charge in [0.1, 0.15) is 6.10 Å². The summed E-state index contributed by atoms with van der Waals surface area (Å²) in [4.78, 5) is 19.9. The molecule has 1 N–H and O–H groups in total. The number of carbonyl (C=O) groups is 2. The fourth-order valence-corrected chi connectivity index (χ4v) is 0.298. The zero-order chi connectivity index (χ0) is 11.6. The van der Waals surface area contributed by atoms with Crippen LogP contribution in [0.5, 0.6) is 0 Å². The molecule has 0 aliphatic heterocycles. The minimum absolute atomic E-state index is 0.329. The molecular weight excluding hydrogens is 188 g/mol. The lowest BCUT2D eigenvalue weighted by Crippen LogP contribution is -2.16. The number of aliphatic hydroxyl groups excluding tert-OH is 1. The van der Waals surface area contributed by atoms with Crippen LogP contribution < -0.4 is 0 Å². The van der Waals surface area contributed by atoms with Gasteiger partial charge in [0, 0.05) is 6.92 Å². The van der Waals surface area contributed by atoms with E-state index in [1.54, 1.807) is 0 Å². The number of carbonyl (C=O) groups excluding carboxylic acids is 2. The molecule has 14 heavy (non-hydrogen) atoms. The summed E-state index contributed by atoms with van der Waals surface area (Å²) in [5.74, 6) is -1.01. The van der Waals surface area contributed by atoms with Crippen LogP contribution in [0.1, 0.15) is 13.8 Å². The van der Waals surface area contributed by atoms with Crippen molar-refractivity contribution in [2.24, 2.45) is 0 Å². The Kier molecular flexibility index (Phi) is 10.1. The van der Waals surface area contributed by atoms with Crippen LogP contribution in [-0.4, -0.2) is 23.1 Å². The molecule has 0 aromatic carbocycles. The van der Waals surface area contributed by atoms with E-state index in [1.807, 2.05) is 0 Å². The Bertz CT molecular complexity index is 207. The summed E-state index contributed by atoms with van der Waals surface area (Å²) in [6, 6.07) is 0. The molecule has 0 fully saturated rings. The summed E-state index contributed by atoms with van der Waals surface area (Å²) >= 11 is 0. The van der Waals surface area contributed by atoms with E-state index in [0.717, 1.165) is 12.5 Å². The van der Waals surface area contributed by atoms with Gasteiger partial charge in [-0.1, -0.05) is 13.2 Å². The standard InChI is InChI=1S/C5H8O3.C4H6O2/c1-3-8-5(7)4(2)6;1-3-6-4(2)5/h3-4,6H,1H2,2H3;3H,1H2,2H3. The Hall–Kier alpha value is -1.62. The lowest BCUT2D eigenvalue weighted by Gasteiger charge is -1.98. The molecule has 0 aromatic heterocycles. The summed E-state index contributed by atoms with van der Waals surface area (Å²) in [6.07, 6.45) is 1.02. The second kappa shape index (κ2) is 9.47. The second-order valence-corrected chi connectivity index (χ2v) is 2.06. The third-order valence-corrected chi connectivity index (χ3v) is 0.790. The smallest absolute Gasteiger partial charge is 0.339 e. The van der Waals surface area contributed by atoms with Gasteiger partial charge in [0.05, 0.1) is 12.5 Å². The molecule has 0 saturated heterocycles. The molecule has 5 heteroatoms. The van der Waals surface area contributed by atoms with Crippen molar-refractivity contribution in [3.8, 4) is 0 Å². The van der Waals surface area contributed by atoms with Crippen molar-refractivity contribution in [2.75, 3.05) is 0 Å². The van der Waals surface area contributed by atoms with Crippen molar-refractivity contribution in [2.45, 2.75) is 20.0 Å². The average Bonchev–Trinajstić information content (AvgIpc) is 2.05. The molecule has 5 nitrogen and oxygen atoms in total. The van der Waals surface area contributed by atoms with E-state index >= 15 is 0 Å². The molecule has 80 valence electrons. The Labute approximate surface area is 82.6 Å². The highest BCUT2D eigenvalue weighted by molar-refractivity contribution is 5.74. The van der Waals surface area contributed by atoms with Crippen LogP contribution in [0.4, 0.5) is 0 Å². The molecule has 0 rings (SSSR count). The molecule has 0 spiro atoms. The first-order chi connectivity index (χ1) is 6.45. The number of rotatable bonds is 3. The maximum absolute atomic E-state index is 10.2. The minimum atomic E-state index is -1.06. The van der Waals surface area contributed by atoms with E-state index in [-0.39, 0.29) is 5.97 Å². The van der Waals surface area contributed by atoms with E-state index in [4.69, 9.17) is 5.11 Å². The van der Waals surface area contributed by atoms with Gasteiger partial charge in [-0.25, -0.2) is 4.79 Å². The highest BCUT2D eigenvalue weighted by atomic mass is 16.5. The molecule has 0 amide bonds. The van der Waals surface area contributed by atoms with Crippen molar-refractivity contribution >= 4 is 11.9 Å². The maximum Gasteiger partial charge on any atom is 0.339 e. The fraction of sp³-hybridized carbons (Fsp3) is 0.333. The van der Waals surface area contributed by atoms with Gasteiger partial charge in [-0.15, -0.1) is 0 Å². The highest BCUT2D eigenvalue weighted by Gasteiger charge is 2.06. The average molecular weight is 202 g/mol. The zero-order valence-corrected chi connectivity index (χ0v) is 8.23. The monoisotopic (exact) mass is 202 g/mol. The van der Waals surface area contributed by atoms with Crippen LogP contribution in [0.15, 0.2) is 25.7 Å². The van der Waals surface area contributed by atoms with Crippen LogP contribution >= 0.6 is 0 Å². The zero-order valence-electron chi connectivity index (χ0n) is 8.23. The molecule has 0 aliphatic carbocycles. The van der Waals surface area contributed by atoms with Crippen LogP contribution in [0.3, 0.4) is 0 Å². The maximum atomic E-state index is 10.2. The lowest BCUT2D eigenvalue weighted by molar-refractivity contribution is -0.146. The fourth-order valence-electron chi connectivity index (χ4n) is 0.298. The van der Waals surface area contributed by atoms with Gasteiger partial charge >= 0.3 is 11.9 Å². The number of esters is 2.